The van der Waals surface area contributed by atoms with E-state index in [2.05, 4.69) is 0 Å². The molecule has 0 aliphatic carbocycles. The number of aliphatic carboxylic acids is 1. The van der Waals surface area contributed by atoms with Gasteiger partial charge in [-0.15, -0.1) is 0 Å². The van der Waals surface area contributed by atoms with Crippen LogP contribution >= 0.6 is 0 Å². The summed E-state index contributed by atoms with van der Waals surface area (Å²) < 4.78 is 0. The van der Waals surface area contributed by atoms with Gasteiger partial charge in [-0.3, -0.25) is 14.5 Å². The molecule has 6 heteroatoms. The predicted molar refractivity (Wildman–Crippen MR) is 77.1 cm³/mol. The highest BCUT2D eigenvalue weighted by Gasteiger charge is 2.22. The lowest BCUT2D eigenvalue weighted by molar-refractivity contribution is -0.139. The molecule has 1 heterocycles. The average Bonchev–Trinajstić information content (AvgIpc) is 2.46. The first-order valence-electron chi connectivity index (χ1n) is 7.05. The molecule has 0 spiro atoms. The first kappa shape index (κ1) is 15.3. The lowest BCUT2D eigenvalue weighted by Crippen LogP contribution is -2.49. The second-order valence-corrected chi connectivity index (χ2v) is 5.18. The van der Waals surface area contributed by atoms with E-state index in [4.69, 9.17) is 5.11 Å². The Balaban J connectivity index is 1.77. The minimum absolute atomic E-state index is 0.0277. The molecule has 1 aromatic carbocycles. The molecule has 114 valence electrons. The van der Waals surface area contributed by atoms with Gasteiger partial charge in [0.2, 0.25) is 5.91 Å². The van der Waals surface area contributed by atoms with Crippen molar-refractivity contribution in [1.29, 1.82) is 0 Å². The van der Waals surface area contributed by atoms with Crippen molar-refractivity contribution in [3.8, 4) is 5.75 Å². The van der Waals surface area contributed by atoms with Crippen LogP contribution in [0.15, 0.2) is 24.3 Å². The molecular formula is C15H20N2O4. The van der Waals surface area contributed by atoms with Gasteiger partial charge in [-0.25, -0.2) is 0 Å². The zero-order valence-corrected chi connectivity index (χ0v) is 11.9. The molecule has 2 N–H and O–H groups in total. The molecule has 0 saturated carbocycles. The molecule has 0 atom stereocenters. The molecule has 1 fully saturated rings. The number of carbonyl (C=O) groups excluding carboxylic acids is 1. The number of piperazine rings is 1. The number of hydrogen-bond donors (Lipinski definition) is 2. The molecule has 1 aliphatic rings. The number of carboxylic acids is 1. The van der Waals surface area contributed by atoms with Crippen molar-refractivity contribution < 1.29 is 19.8 Å². The SMILES string of the molecule is O=C(O)CN1CCN(C(=O)CCc2ccccc2O)CC1. The van der Waals surface area contributed by atoms with Crippen molar-refractivity contribution in [3.63, 3.8) is 0 Å². The summed E-state index contributed by atoms with van der Waals surface area (Å²) in [5.74, 6) is -0.570. The summed E-state index contributed by atoms with van der Waals surface area (Å²) in [6.07, 6.45) is 0.872. The summed E-state index contributed by atoms with van der Waals surface area (Å²) in [6, 6.07) is 7.02. The molecule has 21 heavy (non-hydrogen) atoms. The molecule has 6 nitrogen and oxygen atoms in total. The number of phenols is 1. The van der Waals surface area contributed by atoms with Gasteiger partial charge in [0.1, 0.15) is 5.75 Å². The third kappa shape index (κ3) is 4.46. The first-order chi connectivity index (χ1) is 10.1. The summed E-state index contributed by atoms with van der Waals surface area (Å²) in [4.78, 5) is 26.3. The lowest BCUT2D eigenvalue weighted by Gasteiger charge is -2.33. The molecule has 0 radical (unpaired) electrons. The topological polar surface area (TPSA) is 81.1 Å². The number of para-hydroxylation sites is 1. The highest BCUT2D eigenvalue weighted by atomic mass is 16.4. The molecule has 2 rings (SSSR count). The van der Waals surface area contributed by atoms with Gasteiger partial charge in [0.15, 0.2) is 0 Å². The van der Waals surface area contributed by atoms with E-state index in [0.29, 0.717) is 39.0 Å². The molecule has 1 aliphatic heterocycles. The Hall–Kier alpha value is -2.08. The number of hydrogen-bond acceptors (Lipinski definition) is 4. The molecule has 0 aromatic heterocycles. The van der Waals surface area contributed by atoms with Crippen LogP contribution in [-0.2, 0) is 16.0 Å². The number of carboxylic acid groups (broad SMARTS) is 1. The van der Waals surface area contributed by atoms with Crippen LogP contribution in [0.5, 0.6) is 5.75 Å². The predicted octanol–water partition coefficient (Wildman–Crippen LogP) is 0.554. The second kappa shape index (κ2) is 7.08. The van der Waals surface area contributed by atoms with Gasteiger partial charge in [-0.05, 0) is 18.1 Å². The highest BCUT2D eigenvalue weighted by molar-refractivity contribution is 5.76. The Morgan fingerprint density at radius 3 is 2.38 bits per heavy atom. The lowest BCUT2D eigenvalue weighted by atomic mass is 10.1. The Labute approximate surface area is 123 Å². The Morgan fingerprint density at radius 1 is 1.10 bits per heavy atom. The van der Waals surface area contributed by atoms with Crippen LogP contribution in [0.2, 0.25) is 0 Å². The second-order valence-electron chi connectivity index (χ2n) is 5.18. The maximum atomic E-state index is 12.1. The van der Waals surface area contributed by atoms with E-state index in [0.717, 1.165) is 5.56 Å². The van der Waals surface area contributed by atoms with Crippen molar-refractivity contribution in [2.24, 2.45) is 0 Å². The highest BCUT2D eigenvalue weighted by Crippen LogP contribution is 2.17. The fraction of sp³-hybridized carbons (Fsp3) is 0.467. The van der Waals surface area contributed by atoms with E-state index in [-0.39, 0.29) is 18.2 Å². The fourth-order valence-electron chi connectivity index (χ4n) is 2.47. The summed E-state index contributed by atoms with van der Waals surface area (Å²) in [5.41, 5.74) is 0.773. The monoisotopic (exact) mass is 292 g/mol. The van der Waals surface area contributed by atoms with Crippen molar-refractivity contribution in [2.75, 3.05) is 32.7 Å². The van der Waals surface area contributed by atoms with E-state index in [1.165, 1.54) is 0 Å². The van der Waals surface area contributed by atoms with E-state index < -0.39 is 5.97 Å². The van der Waals surface area contributed by atoms with E-state index in [1.54, 1.807) is 17.0 Å². The molecule has 0 bridgehead atoms. The standard InChI is InChI=1S/C15H20N2O4/c18-13-4-2-1-3-12(13)5-6-14(19)17-9-7-16(8-10-17)11-15(20)21/h1-4,18H,5-11H2,(H,20,21). The minimum atomic E-state index is -0.839. The molecule has 1 aromatic rings. The number of carbonyl (C=O) groups is 2. The Kier molecular flexibility index (Phi) is 5.16. The number of amides is 1. The Bertz CT molecular complexity index is 510. The summed E-state index contributed by atoms with van der Waals surface area (Å²) in [7, 11) is 0. The summed E-state index contributed by atoms with van der Waals surface area (Å²) >= 11 is 0. The maximum Gasteiger partial charge on any atom is 0.317 e. The van der Waals surface area contributed by atoms with Crippen LogP contribution in [0, 0.1) is 0 Å². The molecule has 0 unspecified atom stereocenters. The molecule has 1 saturated heterocycles. The van der Waals surface area contributed by atoms with Crippen molar-refractivity contribution >= 4 is 11.9 Å². The third-order valence-corrected chi connectivity index (χ3v) is 3.68. The average molecular weight is 292 g/mol. The fourth-order valence-corrected chi connectivity index (χ4v) is 2.47. The zero-order valence-electron chi connectivity index (χ0n) is 11.9. The molecule has 1 amide bonds. The third-order valence-electron chi connectivity index (χ3n) is 3.68. The molecular weight excluding hydrogens is 272 g/mol. The first-order valence-corrected chi connectivity index (χ1v) is 7.05. The van der Waals surface area contributed by atoms with Gasteiger partial charge in [-0.1, -0.05) is 18.2 Å². The number of rotatable bonds is 5. The summed E-state index contributed by atoms with van der Waals surface area (Å²) in [5, 5.41) is 18.4. The van der Waals surface area contributed by atoms with Crippen molar-refractivity contribution in [1.82, 2.24) is 9.80 Å². The largest absolute Gasteiger partial charge is 0.508 e. The van der Waals surface area contributed by atoms with Gasteiger partial charge in [0.25, 0.3) is 0 Å². The minimum Gasteiger partial charge on any atom is -0.508 e. The van der Waals surface area contributed by atoms with Crippen molar-refractivity contribution in [2.45, 2.75) is 12.8 Å². The maximum absolute atomic E-state index is 12.1. The Morgan fingerprint density at radius 2 is 1.76 bits per heavy atom. The van der Waals surface area contributed by atoms with Crippen LogP contribution in [0.1, 0.15) is 12.0 Å². The number of aromatic hydroxyl groups is 1. The number of benzene rings is 1. The van der Waals surface area contributed by atoms with E-state index in [1.807, 2.05) is 17.0 Å². The van der Waals surface area contributed by atoms with Gasteiger partial charge in [-0.2, -0.15) is 0 Å². The number of phenolic OH excluding ortho intramolecular Hbond substituents is 1. The van der Waals surface area contributed by atoms with Crippen LogP contribution in [0.4, 0.5) is 0 Å². The zero-order chi connectivity index (χ0) is 15.2. The van der Waals surface area contributed by atoms with Crippen LogP contribution in [-0.4, -0.2) is 64.6 Å². The van der Waals surface area contributed by atoms with Gasteiger partial charge >= 0.3 is 5.97 Å². The number of aryl methyl sites for hydroxylation is 1. The van der Waals surface area contributed by atoms with Crippen LogP contribution in [0.3, 0.4) is 0 Å². The van der Waals surface area contributed by atoms with Gasteiger partial charge in [0, 0.05) is 32.6 Å². The summed E-state index contributed by atoms with van der Waals surface area (Å²) in [6.45, 7) is 2.34. The van der Waals surface area contributed by atoms with Gasteiger partial charge in [0.05, 0.1) is 6.54 Å². The number of nitrogens with zero attached hydrogens (tertiary/aromatic N) is 2. The smallest absolute Gasteiger partial charge is 0.317 e. The normalized spacial score (nSPS) is 15.9. The van der Waals surface area contributed by atoms with E-state index in [9.17, 15) is 14.7 Å². The quantitative estimate of drug-likeness (QED) is 0.828. The van der Waals surface area contributed by atoms with E-state index >= 15 is 0 Å². The van der Waals surface area contributed by atoms with Crippen LogP contribution < -0.4 is 0 Å². The van der Waals surface area contributed by atoms with Crippen molar-refractivity contribution in [3.05, 3.63) is 29.8 Å². The van der Waals surface area contributed by atoms with Crippen LogP contribution in [0.25, 0.3) is 0 Å². The van der Waals surface area contributed by atoms with Gasteiger partial charge < -0.3 is 15.1 Å².